The molecule has 8 nitrogen and oxygen atoms in total. The van der Waals surface area contributed by atoms with Crippen molar-refractivity contribution >= 4 is 39.0 Å². The predicted molar refractivity (Wildman–Crippen MR) is 103 cm³/mol. The van der Waals surface area contributed by atoms with Crippen LogP contribution in [-0.4, -0.2) is 63.1 Å². The lowest BCUT2D eigenvalue weighted by Crippen LogP contribution is -2.49. The molecule has 1 aliphatic rings. The highest BCUT2D eigenvalue weighted by Gasteiger charge is 2.31. The summed E-state index contributed by atoms with van der Waals surface area (Å²) < 4.78 is 37.4. The van der Waals surface area contributed by atoms with Crippen molar-refractivity contribution in [3.8, 4) is 11.9 Å². The van der Waals surface area contributed by atoms with Crippen molar-refractivity contribution in [2.45, 2.75) is 4.90 Å². The van der Waals surface area contributed by atoms with Crippen molar-refractivity contribution in [2.75, 3.05) is 45.3 Å². The van der Waals surface area contributed by atoms with Gasteiger partial charge in [-0.05, 0) is 18.2 Å². The molecule has 1 aromatic heterocycles. The molecule has 1 aliphatic heterocycles. The highest BCUT2D eigenvalue weighted by atomic mass is 35.5. The third kappa shape index (κ3) is 4.21. The molecular weight excluding hydrogens is 415 g/mol. The van der Waals surface area contributed by atoms with Crippen molar-refractivity contribution in [2.24, 2.45) is 0 Å². The first-order valence-corrected chi connectivity index (χ1v) is 10.2. The molecule has 0 bridgehead atoms. The number of sulfonamides is 1. The van der Waals surface area contributed by atoms with Gasteiger partial charge in [0.05, 0.1) is 19.2 Å². The van der Waals surface area contributed by atoms with E-state index in [0.717, 1.165) is 0 Å². The molecule has 2 aromatic rings. The number of rotatable bonds is 5. The molecule has 0 spiro atoms. The summed E-state index contributed by atoms with van der Waals surface area (Å²) in [7, 11) is -0.764. The molecule has 2 heterocycles. The summed E-state index contributed by atoms with van der Waals surface area (Å²) in [4.78, 5) is 10.3. The van der Waals surface area contributed by atoms with E-state index in [1.54, 1.807) is 12.1 Å². The highest BCUT2D eigenvalue weighted by Crippen LogP contribution is 2.29. The molecule has 0 atom stereocenters. The minimum absolute atomic E-state index is 0.00971. The fourth-order valence-electron chi connectivity index (χ4n) is 2.72. The molecule has 1 aromatic carbocycles. The highest BCUT2D eigenvalue weighted by molar-refractivity contribution is 7.89. The Morgan fingerprint density at radius 1 is 1.00 bits per heavy atom. The van der Waals surface area contributed by atoms with E-state index in [1.165, 1.54) is 30.7 Å². The SMILES string of the molecule is COc1cc(N2CCN(S(=O)(=O)c3cc(Cl)ccc3Cl)CC2)nc(OC)n1. The molecular formula is C16H18Cl2N4O4S. The maximum atomic E-state index is 12.9. The average molecular weight is 433 g/mol. The number of nitrogens with zero attached hydrogens (tertiary/aromatic N) is 4. The standard InChI is InChI=1S/C16H18Cl2N4O4S/c1-25-15-10-14(19-16(20-15)26-2)21-5-7-22(8-6-21)27(23,24)13-9-11(17)3-4-12(13)18/h3-4,9-10H,5-8H2,1-2H3. The number of halogens is 2. The normalized spacial score (nSPS) is 15.6. The van der Waals surface area contributed by atoms with Gasteiger partial charge in [-0.1, -0.05) is 23.2 Å². The minimum Gasteiger partial charge on any atom is -0.481 e. The van der Waals surface area contributed by atoms with Gasteiger partial charge in [-0.2, -0.15) is 14.3 Å². The molecule has 0 aliphatic carbocycles. The van der Waals surface area contributed by atoms with E-state index in [1.807, 2.05) is 4.90 Å². The number of aromatic nitrogens is 2. The lowest BCUT2D eigenvalue weighted by molar-refractivity contribution is 0.349. The minimum atomic E-state index is -3.74. The van der Waals surface area contributed by atoms with Crippen LogP contribution in [0.15, 0.2) is 29.2 Å². The maximum Gasteiger partial charge on any atom is 0.321 e. The van der Waals surface area contributed by atoms with Gasteiger partial charge in [-0.15, -0.1) is 0 Å². The molecule has 27 heavy (non-hydrogen) atoms. The Balaban J connectivity index is 1.78. The fourth-order valence-corrected chi connectivity index (χ4v) is 4.88. The quantitative estimate of drug-likeness (QED) is 0.716. The second kappa shape index (κ2) is 8.05. The van der Waals surface area contributed by atoms with Gasteiger partial charge in [-0.3, -0.25) is 0 Å². The first kappa shape index (κ1) is 19.9. The van der Waals surface area contributed by atoms with Gasteiger partial charge in [0.15, 0.2) is 0 Å². The van der Waals surface area contributed by atoms with Crippen LogP contribution in [0, 0.1) is 0 Å². The van der Waals surface area contributed by atoms with Crippen molar-refractivity contribution in [3.63, 3.8) is 0 Å². The monoisotopic (exact) mass is 432 g/mol. The molecule has 0 unspecified atom stereocenters. The number of benzene rings is 1. The van der Waals surface area contributed by atoms with Crippen molar-refractivity contribution < 1.29 is 17.9 Å². The summed E-state index contributed by atoms with van der Waals surface area (Å²) in [5.41, 5.74) is 0. The second-order valence-electron chi connectivity index (χ2n) is 5.72. The van der Waals surface area contributed by atoms with Gasteiger partial charge in [0.2, 0.25) is 15.9 Å². The van der Waals surface area contributed by atoms with E-state index in [-0.39, 0.29) is 29.0 Å². The number of anilines is 1. The molecule has 3 rings (SSSR count). The maximum absolute atomic E-state index is 12.9. The summed E-state index contributed by atoms with van der Waals surface area (Å²) in [5, 5.41) is 0.462. The average Bonchev–Trinajstić information content (AvgIpc) is 2.69. The summed E-state index contributed by atoms with van der Waals surface area (Å²) in [6.07, 6.45) is 0. The van der Waals surface area contributed by atoms with Crippen LogP contribution in [0.1, 0.15) is 0 Å². The largest absolute Gasteiger partial charge is 0.481 e. The van der Waals surface area contributed by atoms with E-state index in [9.17, 15) is 8.42 Å². The Labute approximate surface area is 167 Å². The van der Waals surface area contributed by atoms with E-state index in [4.69, 9.17) is 32.7 Å². The van der Waals surface area contributed by atoms with Crippen LogP contribution in [0.25, 0.3) is 0 Å². The van der Waals surface area contributed by atoms with Crippen LogP contribution in [0.3, 0.4) is 0 Å². The number of hydrogen-bond acceptors (Lipinski definition) is 7. The summed E-state index contributed by atoms with van der Waals surface area (Å²) >= 11 is 12.0. The summed E-state index contributed by atoms with van der Waals surface area (Å²) in [6.45, 7) is 1.45. The molecule has 0 saturated carbocycles. The van der Waals surface area contributed by atoms with E-state index in [2.05, 4.69) is 9.97 Å². The van der Waals surface area contributed by atoms with E-state index in [0.29, 0.717) is 29.8 Å². The van der Waals surface area contributed by atoms with Gasteiger partial charge in [0, 0.05) is 37.3 Å². The van der Waals surface area contributed by atoms with Gasteiger partial charge >= 0.3 is 6.01 Å². The first-order valence-electron chi connectivity index (χ1n) is 8.02. The molecule has 146 valence electrons. The fraction of sp³-hybridized carbons (Fsp3) is 0.375. The lowest BCUT2D eigenvalue weighted by Gasteiger charge is -2.34. The molecule has 11 heteroatoms. The zero-order valence-electron chi connectivity index (χ0n) is 14.7. The Hall–Kier alpha value is -1.81. The number of piperazine rings is 1. The zero-order chi connectivity index (χ0) is 19.6. The Morgan fingerprint density at radius 3 is 2.33 bits per heavy atom. The number of ether oxygens (including phenoxy) is 2. The summed E-state index contributed by atoms with van der Waals surface area (Å²) in [5.74, 6) is 0.981. The third-order valence-corrected chi connectivity index (χ3v) is 6.75. The van der Waals surface area contributed by atoms with Gasteiger partial charge in [0.1, 0.15) is 10.7 Å². The summed E-state index contributed by atoms with van der Waals surface area (Å²) in [6, 6.07) is 6.26. The Bertz CT molecular complexity index is 912. The molecule has 1 saturated heterocycles. The van der Waals surface area contributed by atoms with Crippen LogP contribution in [0.2, 0.25) is 10.0 Å². The lowest BCUT2D eigenvalue weighted by atomic mass is 10.3. The van der Waals surface area contributed by atoms with Gasteiger partial charge in [-0.25, -0.2) is 8.42 Å². The van der Waals surface area contributed by atoms with Crippen LogP contribution >= 0.6 is 23.2 Å². The second-order valence-corrected chi connectivity index (χ2v) is 8.47. The molecule has 0 radical (unpaired) electrons. The van der Waals surface area contributed by atoms with Crippen LogP contribution in [-0.2, 0) is 10.0 Å². The van der Waals surface area contributed by atoms with Crippen LogP contribution < -0.4 is 14.4 Å². The van der Waals surface area contributed by atoms with Gasteiger partial charge < -0.3 is 14.4 Å². The third-order valence-electron chi connectivity index (χ3n) is 4.13. The van der Waals surface area contributed by atoms with Crippen LogP contribution in [0.5, 0.6) is 11.9 Å². The zero-order valence-corrected chi connectivity index (χ0v) is 17.1. The molecule has 0 N–H and O–H groups in total. The predicted octanol–water partition coefficient (Wildman–Crippen LogP) is 2.31. The van der Waals surface area contributed by atoms with Crippen molar-refractivity contribution in [1.82, 2.24) is 14.3 Å². The molecule has 0 amide bonds. The first-order chi connectivity index (χ1) is 12.8. The molecule has 1 fully saturated rings. The Morgan fingerprint density at radius 2 is 1.70 bits per heavy atom. The Kier molecular flexibility index (Phi) is 5.95. The van der Waals surface area contributed by atoms with E-state index >= 15 is 0 Å². The van der Waals surface area contributed by atoms with Gasteiger partial charge in [0.25, 0.3) is 0 Å². The van der Waals surface area contributed by atoms with E-state index < -0.39 is 10.0 Å². The van der Waals surface area contributed by atoms with Crippen LogP contribution in [0.4, 0.5) is 5.82 Å². The van der Waals surface area contributed by atoms with Crippen molar-refractivity contribution in [3.05, 3.63) is 34.3 Å². The number of hydrogen-bond donors (Lipinski definition) is 0. The van der Waals surface area contributed by atoms with Crippen molar-refractivity contribution in [1.29, 1.82) is 0 Å². The topological polar surface area (TPSA) is 84.9 Å². The number of methoxy groups -OCH3 is 2. The smallest absolute Gasteiger partial charge is 0.321 e.